The van der Waals surface area contributed by atoms with Crippen molar-refractivity contribution < 1.29 is 14.0 Å². The molecule has 0 aliphatic carbocycles. The van der Waals surface area contributed by atoms with Gasteiger partial charge in [0.1, 0.15) is 11.3 Å². The van der Waals surface area contributed by atoms with Gasteiger partial charge in [0.05, 0.1) is 18.4 Å². The third-order valence-corrected chi connectivity index (χ3v) is 2.65. The standard InChI is InChI=1S/C13H17NO4/c1-4-14(5-2)10-6-7-18-13(17)12(10)11(16)8-9(3)15/h6-7H,4-5,8H2,1-3H3. The van der Waals surface area contributed by atoms with Crippen molar-refractivity contribution >= 4 is 17.3 Å². The number of ketones is 2. The Morgan fingerprint density at radius 1 is 1.28 bits per heavy atom. The summed E-state index contributed by atoms with van der Waals surface area (Å²) < 4.78 is 4.73. The Morgan fingerprint density at radius 2 is 1.89 bits per heavy atom. The van der Waals surface area contributed by atoms with Gasteiger partial charge in [0, 0.05) is 13.1 Å². The topological polar surface area (TPSA) is 67.6 Å². The molecule has 1 aromatic rings. The van der Waals surface area contributed by atoms with Crippen molar-refractivity contribution in [1.82, 2.24) is 0 Å². The summed E-state index contributed by atoms with van der Waals surface area (Å²) in [5.41, 5.74) is -0.190. The predicted molar refractivity (Wildman–Crippen MR) is 68.2 cm³/mol. The quantitative estimate of drug-likeness (QED) is 0.568. The summed E-state index contributed by atoms with van der Waals surface area (Å²) in [6, 6.07) is 1.59. The molecule has 0 saturated carbocycles. The molecule has 0 aromatic carbocycles. The van der Waals surface area contributed by atoms with Crippen LogP contribution in [-0.4, -0.2) is 24.7 Å². The lowest BCUT2D eigenvalue weighted by molar-refractivity contribution is -0.116. The highest BCUT2D eigenvalue weighted by Crippen LogP contribution is 2.18. The molecule has 1 rings (SSSR count). The molecule has 0 radical (unpaired) electrons. The normalized spacial score (nSPS) is 10.2. The minimum Gasteiger partial charge on any atom is -0.431 e. The van der Waals surface area contributed by atoms with Crippen molar-refractivity contribution in [3.8, 4) is 0 Å². The zero-order valence-corrected chi connectivity index (χ0v) is 10.9. The van der Waals surface area contributed by atoms with E-state index in [-0.39, 0.29) is 17.8 Å². The number of carbonyl (C=O) groups excluding carboxylic acids is 2. The van der Waals surface area contributed by atoms with Crippen LogP contribution in [0.2, 0.25) is 0 Å². The van der Waals surface area contributed by atoms with Gasteiger partial charge in [-0.05, 0) is 26.8 Å². The molecule has 0 fully saturated rings. The molecule has 0 saturated heterocycles. The van der Waals surface area contributed by atoms with Crippen LogP contribution in [-0.2, 0) is 4.79 Å². The van der Waals surface area contributed by atoms with Crippen molar-refractivity contribution in [2.45, 2.75) is 27.2 Å². The minimum absolute atomic E-state index is 0.0311. The van der Waals surface area contributed by atoms with Crippen LogP contribution >= 0.6 is 0 Å². The highest BCUT2D eigenvalue weighted by atomic mass is 16.4. The van der Waals surface area contributed by atoms with Crippen LogP contribution in [0, 0.1) is 0 Å². The Labute approximate surface area is 105 Å². The van der Waals surface area contributed by atoms with Gasteiger partial charge >= 0.3 is 5.63 Å². The van der Waals surface area contributed by atoms with E-state index >= 15 is 0 Å². The fourth-order valence-corrected chi connectivity index (χ4v) is 1.81. The third kappa shape index (κ3) is 3.06. The predicted octanol–water partition coefficient (Wildman–Crippen LogP) is 1.65. The number of Topliss-reactive ketones (excluding diaryl/α,β-unsaturated/α-hetero) is 2. The van der Waals surface area contributed by atoms with Gasteiger partial charge < -0.3 is 9.32 Å². The average molecular weight is 251 g/mol. The Kier molecular flexibility index (Phi) is 4.83. The van der Waals surface area contributed by atoms with E-state index in [1.165, 1.54) is 13.2 Å². The molecule has 0 spiro atoms. The molecule has 18 heavy (non-hydrogen) atoms. The number of rotatable bonds is 6. The van der Waals surface area contributed by atoms with E-state index < -0.39 is 11.4 Å². The van der Waals surface area contributed by atoms with Gasteiger partial charge in [-0.3, -0.25) is 9.59 Å². The summed E-state index contributed by atoms with van der Waals surface area (Å²) in [6.07, 6.45) is 0.990. The fraction of sp³-hybridized carbons (Fsp3) is 0.462. The lowest BCUT2D eigenvalue weighted by atomic mass is 10.1. The number of carbonyl (C=O) groups is 2. The Bertz CT molecular complexity index is 500. The average Bonchev–Trinajstić information content (AvgIpc) is 2.29. The van der Waals surface area contributed by atoms with Crippen molar-refractivity contribution in [2.75, 3.05) is 18.0 Å². The van der Waals surface area contributed by atoms with E-state index in [9.17, 15) is 14.4 Å². The summed E-state index contributed by atoms with van der Waals surface area (Å²) in [6.45, 7) is 6.51. The summed E-state index contributed by atoms with van der Waals surface area (Å²) in [5, 5.41) is 0. The van der Waals surface area contributed by atoms with Gasteiger partial charge in [0.25, 0.3) is 0 Å². The fourth-order valence-electron chi connectivity index (χ4n) is 1.81. The monoisotopic (exact) mass is 251 g/mol. The molecule has 98 valence electrons. The maximum Gasteiger partial charge on any atom is 0.348 e. The van der Waals surface area contributed by atoms with Gasteiger partial charge in [-0.2, -0.15) is 0 Å². The molecular formula is C13H17NO4. The van der Waals surface area contributed by atoms with Crippen LogP contribution in [0.5, 0.6) is 0 Å². The maximum atomic E-state index is 11.9. The zero-order valence-electron chi connectivity index (χ0n) is 10.9. The first kappa shape index (κ1) is 14.2. The first-order chi connectivity index (χ1) is 8.51. The van der Waals surface area contributed by atoms with E-state index in [0.717, 1.165) is 0 Å². The molecule has 1 aromatic heterocycles. The van der Waals surface area contributed by atoms with Crippen LogP contribution in [0.15, 0.2) is 21.5 Å². The van der Waals surface area contributed by atoms with Crippen LogP contribution < -0.4 is 10.5 Å². The molecule has 0 bridgehead atoms. The molecule has 0 unspecified atom stereocenters. The number of hydrogen-bond donors (Lipinski definition) is 0. The van der Waals surface area contributed by atoms with Crippen molar-refractivity contribution in [3.63, 3.8) is 0 Å². The molecule has 0 amide bonds. The van der Waals surface area contributed by atoms with Gasteiger partial charge in [0.2, 0.25) is 0 Å². The zero-order chi connectivity index (χ0) is 13.7. The van der Waals surface area contributed by atoms with Crippen LogP contribution in [0.25, 0.3) is 0 Å². The second kappa shape index (κ2) is 6.14. The highest BCUT2D eigenvalue weighted by Gasteiger charge is 2.21. The lowest BCUT2D eigenvalue weighted by Gasteiger charge is -2.22. The number of hydrogen-bond acceptors (Lipinski definition) is 5. The number of anilines is 1. The molecule has 5 nitrogen and oxygen atoms in total. The lowest BCUT2D eigenvalue weighted by Crippen LogP contribution is -2.28. The second-order valence-electron chi connectivity index (χ2n) is 3.94. The smallest absolute Gasteiger partial charge is 0.348 e. The number of nitrogens with zero attached hydrogens (tertiary/aromatic N) is 1. The van der Waals surface area contributed by atoms with E-state index in [4.69, 9.17) is 4.42 Å². The third-order valence-electron chi connectivity index (χ3n) is 2.65. The maximum absolute atomic E-state index is 11.9. The summed E-state index contributed by atoms with van der Waals surface area (Å²) >= 11 is 0. The highest BCUT2D eigenvalue weighted by molar-refractivity contribution is 6.09. The van der Waals surface area contributed by atoms with Crippen molar-refractivity contribution in [3.05, 3.63) is 28.3 Å². The van der Waals surface area contributed by atoms with Crippen LogP contribution in [0.3, 0.4) is 0 Å². The molecule has 5 heteroatoms. The van der Waals surface area contributed by atoms with Crippen molar-refractivity contribution in [1.29, 1.82) is 0 Å². The SMILES string of the molecule is CCN(CC)c1ccoc(=O)c1C(=O)CC(C)=O. The molecule has 1 heterocycles. The van der Waals surface area contributed by atoms with Crippen LogP contribution in [0.4, 0.5) is 5.69 Å². The molecule has 0 atom stereocenters. The van der Waals surface area contributed by atoms with E-state index in [2.05, 4.69) is 0 Å². The van der Waals surface area contributed by atoms with Gasteiger partial charge in [-0.25, -0.2) is 4.79 Å². The summed E-state index contributed by atoms with van der Waals surface area (Å²) in [5.74, 6) is -0.757. The second-order valence-corrected chi connectivity index (χ2v) is 3.94. The van der Waals surface area contributed by atoms with Gasteiger partial charge in [-0.1, -0.05) is 0 Å². The first-order valence-electron chi connectivity index (χ1n) is 5.90. The Morgan fingerprint density at radius 3 is 2.39 bits per heavy atom. The Balaban J connectivity index is 3.28. The molecule has 0 N–H and O–H groups in total. The van der Waals surface area contributed by atoms with Gasteiger partial charge in [0.15, 0.2) is 5.78 Å². The van der Waals surface area contributed by atoms with E-state index in [1.54, 1.807) is 6.07 Å². The summed E-state index contributed by atoms with van der Waals surface area (Å²) in [7, 11) is 0. The van der Waals surface area contributed by atoms with E-state index in [1.807, 2.05) is 18.7 Å². The van der Waals surface area contributed by atoms with Crippen LogP contribution in [0.1, 0.15) is 37.6 Å². The van der Waals surface area contributed by atoms with Gasteiger partial charge in [-0.15, -0.1) is 0 Å². The minimum atomic E-state index is -0.689. The largest absolute Gasteiger partial charge is 0.431 e. The molecule has 0 aliphatic rings. The molecular weight excluding hydrogens is 234 g/mol. The van der Waals surface area contributed by atoms with E-state index in [0.29, 0.717) is 18.8 Å². The molecule has 0 aliphatic heterocycles. The summed E-state index contributed by atoms with van der Waals surface area (Å²) in [4.78, 5) is 36.5. The Hall–Kier alpha value is -1.91. The van der Waals surface area contributed by atoms with Crippen molar-refractivity contribution in [2.24, 2.45) is 0 Å². The first-order valence-corrected chi connectivity index (χ1v) is 5.90.